The lowest BCUT2D eigenvalue weighted by atomic mass is 10.1. The highest BCUT2D eigenvalue weighted by Gasteiger charge is 2.12. The van der Waals surface area contributed by atoms with Crippen LogP contribution >= 0.6 is 0 Å². The van der Waals surface area contributed by atoms with E-state index in [4.69, 9.17) is 4.99 Å². The normalized spacial score (nSPS) is 16.4. The van der Waals surface area contributed by atoms with E-state index in [1.54, 1.807) is 6.07 Å². The molecule has 2 heterocycles. The Bertz CT molecular complexity index is 779. The molecule has 0 saturated carbocycles. The number of aromatic amines is 1. The van der Waals surface area contributed by atoms with Crippen LogP contribution in [0.5, 0.6) is 0 Å². The van der Waals surface area contributed by atoms with E-state index in [1.807, 2.05) is 12.3 Å². The van der Waals surface area contributed by atoms with Gasteiger partial charge < -0.3 is 25.4 Å². The first-order chi connectivity index (χ1) is 14.2. The summed E-state index contributed by atoms with van der Waals surface area (Å²) in [7, 11) is 2.19. The molecule has 1 aromatic carbocycles. The number of guanidine groups is 1. The van der Waals surface area contributed by atoms with Crippen molar-refractivity contribution >= 4 is 16.9 Å². The lowest BCUT2D eigenvalue weighted by Gasteiger charge is -2.32. The second-order valence-electron chi connectivity index (χ2n) is 7.79. The van der Waals surface area contributed by atoms with E-state index in [1.165, 1.54) is 50.8 Å². The molecule has 1 saturated heterocycles. The summed E-state index contributed by atoms with van der Waals surface area (Å²) in [6.07, 6.45) is 5.13. The van der Waals surface area contributed by atoms with Crippen LogP contribution in [0.15, 0.2) is 29.4 Å². The quantitative estimate of drug-likeness (QED) is 0.343. The molecular formula is C22H35FN6. The van der Waals surface area contributed by atoms with Crippen molar-refractivity contribution in [2.24, 2.45) is 4.99 Å². The maximum Gasteiger partial charge on any atom is 0.191 e. The first-order valence-electron chi connectivity index (χ1n) is 10.8. The average molecular weight is 403 g/mol. The Morgan fingerprint density at radius 1 is 1.17 bits per heavy atom. The van der Waals surface area contributed by atoms with E-state index in [2.05, 4.69) is 39.4 Å². The number of likely N-dealkylation sites (N-methyl/N-ethyl adjacent to an activating group) is 1. The smallest absolute Gasteiger partial charge is 0.191 e. The molecule has 6 nitrogen and oxygen atoms in total. The fourth-order valence-electron chi connectivity index (χ4n) is 3.73. The Balaban J connectivity index is 1.38. The Kier molecular flexibility index (Phi) is 8.31. The summed E-state index contributed by atoms with van der Waals surface area (Å²) in [6, 6.07) is 4.90. The lowest BCUT2D eigenvalue weighted by molar-refractivity contribution is 0.152. The molecule has 7 heteroatoms. The Hall–Kier alpha value is -2.12. The van der Waals surface area contributed by atoms with Crippen molar-refractivity contribution in [3.8, 4) is 0 Å². The van der Waals surface area contributed by atoms with Gasteiger partial charge in [-0.2, -0.15) is 0 Å². The number of aromatic nitrogens is 1. The third kappa shape index (κ3) is 6.72. The minimum Gasteiger partial charge on any atom is -0.361 e. The molecular weight excluding hydrogens is 367 g/mol. The predicted octanol–water partition coefficient (Wildman–Crippen LogP) is 2.43. The number of rotatable bonds is 9. The molecule has 0 spiro atoms. The highest BCUT2D eigenvalue weighted by molar-refractivity contribution is 5.83. The molecule has 1 aliphatic rings. The molecule has 0 atom stereocenters. The van der Waals surface area contributed by atoms with Gasteiger partial charge >= 0.3 is 0 Å². The monoisotopic (exact) mass is 402 g/mol. The summed E-state index contributed by atoms with van der Waals surface area (Å²) >= 11 is 0. The zero-order valence-corrected chi connectivity index (χ0v) is 17.8. The van der Waals surface area contributed by atoms with Crippen LogP contribution in [0.3, 0.4) is 0 Å². The molecule has 0 bridgehead atoms. The van der Waals surface area contributed by atoms with Gasteiger partial charge in [-0.25, -0.2) is 4.39 Å². The van der Waals surface area contributed by atoms with Crippen LogP contribution in [0.1, 0.15) is 25.3 Å². The van der Waals surface area contributed by atoms with Crippen molar-refractivity contribution < 1.29 is 4.39 Å². The molecule has 0 amide bonds. The summed E-state index contributed by atoms with van der Waals surface area (Å²) < 4.78 is 13.3. The number of benzene rings is 1. The lowest BCUT2D eigenvalue weighted by Crippen LogP contribution is -2.44. The third-order valence-electron chi connectivity index (χ3n) is 5.51. The topological polar surface area (TPSA) is 58.7 Å². The van der Waals surface area contributed by atoms with Gasteiger partial charge in [-0.15, -0.1) is 0 Å². The number of hydrogen-bond donors (Lipinski definition) is 3. The van der Waals surface area contributed by atoms with Gasteiger partial charge in [0.15, 0.2) is 5.96 Å². The number of unbranched alkanes of at least 4 members (excludes halogenated alkanes) is 1. The van der Waals surface area contributed by atoms with Gasteiger partial charge in [0, 0.05) is 62.9 Å². The van der Waals surface area contributed by atoms with Crippen molar-refractivity contribution in [3.05, 3.63) is 35.8 Å². The standard InChI is InChI=1S/C22H35FN6/c1-3-24-22(25-9-4-5-11-29-14-12-28(2)13-15-29)26-10-8-18-17-27-21-16-19(23)6-7-20(18)21/h6-7,16-17,27H,3-5,8-15H2,1-2H3,(H2,24,25,26). The van der Waals surface area contributed by atoms with Crippen LogP contribution in [0.2, 0.25) is 0 Å². The molecule has 0 unspecified atom stereocenters. The molecule has 1 aliphatic heterocycles. The van der Waals surface area contributed by atoms with Gasteiger partial charge in [0.05, 0.1) is 0 Å². The number of piperazine rings is 1. The Morgan fingerprint density at radius 3 is 2.79 bits per heavy atom. The second kappa shape index (κ2) is 11.2. The van der Waals surface area contributed by atoms with Crippen molar-refractivity contribution in [2.45, 2.75) is 26.2 Å². The number of aliphatic imine (C=N–C) groups is 1. The highest BCUT2D eigenvalue weighted by atomic mass is 19.1. The maximum absolute atomic E-state index is 13.3. The van der Waals surface area contributed by atoms with Crippen LogP contribution in [0.4, 0.5) is 4.39 Å². The SMILES string of the molecule is CCNC(=NCCCCN1CCN(C)CC1)NCCc1c[nH]c2cc(F)ccc12. The van der Waals surface area contributed by atoms with E-state index in [0.717, 1.165) is 49.3 Å². The van der Waals surface area contributed by atoms with Crippen LogP contribution < -0.4 is 10.6 Å². The number of nitrogens with zero attached hydrogens (tertiary/aromatic N) is 3. The summed E-state index contributed by atoms with van der Waals surface area (Å²) in [4.78, 5) is 12.8. The van der Waals surface area contributed by atoms with Crippen molar-refractivity contribution in [3.63, 3.8) is 0 Å². The van der Waals surface area contributed by atoms with Crippen LogP contribution in [0, 0.1) is 5.82 Å². The molecule has 0 radical (unpaired) electrons. The van der Waals surface area contributed by atoms with Crippen LogP contribution in [0.25, 0.3) is 10.9 Å². The third-order valence-corrected chi connectivity index (χ3v) is 5.51. The van der Waals surface area contributed by atoms with Crippen molar-refractivity contribution in [1.82, 2.24) is 25.4 Å². The highest BCUT2D eigenvalue weighted by Crippen LogP contribution is 2.19. The minimum absolute atomic E-state index is 0.210. The molecule has 3 N–H and O–H groups in total. The van der Waals surface area contributed by atoms with Gasteiger partial charge in [0.1, 0.15) is 5.82 Å². The number of hydrogen-bond acceptors (Lipinski definition) is 3. The van der Waals surface area contributed by atoms with Crippen LogP contribution in [-0.2, 0) is 6.42 Å². The van der Waals surface area contributed by atoms with Gasteiger partial charge in [0.2, 0.25) is 0 Å². The molecule has 3 rings (SSSR count). The summed E-state index contributed by atoms with van der Waals surface area (Å²) in [5.74, 6) is 0.663. The first-order valence-corrected chi connectivity index (χ1v) is 10.8. The maximum atomic E-state index is 13.3. The van der Waals surface area contributed by atoms with E-state index >= 15 is 0 Å². The van der Waals surface area contributed by atoms with Gasteiger partial charge in [-0.1, -0.05) is 0 Å². The molecule has 29 heavy (non-hydrogen) atoms. The molecule has 1 aromatic heterocycles. The van der Waals surface area contributed by atoms with E-state index in [9.17, 15) is 4.39 Å². The van der Waals surface area contributed by atoms with Crippen molar-refractivity contribution in [2.75, 3.05) is 59.4 Å². The molecule has 0 aliphatic carbocycles. The summed E-state index contributed by atoms with van der Waals surface area (Å²) in [5, 5.41) is 7.82. The largest absolute Gasteiger partial charge is 0.361 e. The van der Waals surface area contributed by atoms with Crippen LogP contribution in [-0.4, -0.2) is 80.1 Å². The Morgan fingerprint density at radius 2 is 2.00 bits per heavy atom. The molecule has 1 fully saturated rings. The fraction of sp³-hybridized carbons (Fsp3) is 0.591. The molecule has 2 aromatic rings. The van der Waals surface area contributed by atoms with E-state index in [-0.39, 0.29) is 5.82 Å². The van der Waals surface area contributed by atoms with Gasteiger partial charge in [-0.3, -0.25) is 4.99 Å². The van der Waals surface area contributed by atoms with Gasteiger partial charge in [0.25, 0.3) is 0 Å². The first kappa shape index (κ1) is 21.6. The zero-order chi connectivity index (χ0) is 20.5. The number of H-pyrrole nitrogens is 1. The van der Waals surface area contributed by atoms with E-state index < -0.39 is 0 Å². The summed E-state index contributed by atoms with van der Waals surface area (Å²) in [5.41, 5.74) is 2.04. The zero-order valence-electron chi connectivity index (χ0n) is 17.8. The predicted molar refractivity (Wildman–Crippen MR) is 119 cm³/mol. The van der Waals surface area contributed by atoms with Crippen molar-refractivity contribution in [1.29, 1.82) is 0 Å². The summed E-state index contributed by atoms with van der Waals surface area (Å²) in [6.45, 7) is 10.5. The van der Waals surface area contributed by atoms with E-state index in [0.29, 0.717) is 0 Å². The number of fused-ring (bicyclic) bond motifs is 1. The fourth-order valence-corrected chi connectivity index (χ4v) is 3.73. The molecule has 160 valence electrons. The number of halogens is 1. The second-order valence-corrected chi connectivity index (χ2v) is 7.79. The Labute approximate surface area is 173 Å². The average Bonchev–Trinajstić information content (AvgIpc) is 3.11. The number of nitrogens with one attached hydrogen (secondary N) is 3. The van der Waals surface area contributed by atoms with Gasteiger partial charge in [-0.05, 0) is 63.5 Å². The minimum atomic E-state index is -0.210.